The van der Waals surface area contributed by atoms with Crippen molar-refractivity contribution in [2.24, 2.45) is 0 Å². The van der Waals surface area contributed by atoms with Crippen LogP contribution in [0.3, 0.4) is 0 Å². The summed E-state index contributed by atoms with van der Waals surface area (Å²) in [6.07, 6.45) is 0. The molecular weight excluding hydrogens is 274 g/mol. The largest absolute Gasteiger partial charge is 0.489 e. The SMILES string of the molecule is Cc1ccc(Cl)cc1OCc1ccc(F)cc1Cl. The van der Waals surface area contributed by atoms with Gasteiger partial charge in [-0.15, -0.1) is 0 Å². The molecule has 0 aliphatic heterocycles. The van der Waals surface area contributed by atoms with Crippen LogP contribution in [0.1, 0.15) is 11.1 Å². The Kier molecular flexibility index (Phi) is 4.10. The molecule has 18 heavy (non-hydrogen) atoms. The van der Waals surface area contributed by atoms with E-state index in [1.54, 1.807) is 18.2 Å². The maximum Gasteiger partial charge on any atom is 0.124 e. The summed E-state index contributed by atoms with van der Waals surface area (Å²) in [5.74, 6) is 0.338. The quantitative estimate of drug-likeness (QED) is 0.769. The minimum Gasteiger partial charge on any atom is -0.489 e. The van der Waals surface area contributed by atoms with Gasteiger partial charge in [-0.05, 0) is 36.8 Å². The number of aryl methyl sites for hydroxylation is 1. The zero-order valence-corrected chi connectivity index (χ0v) is 11.2. The maximum absolute atomic E-state index is 12.9. The van der Waals surface area contributed by atoms with Crippen LogP contribution in [0.15, 0.2) is 36.4 Å². The lowest BCUT2D eigenvalue weighted by Gasteiger charge is -2.10. The summed E-state index contributed by atoms with van der Waals surface area (Å²) in [4.78, 5) is 0. The van der Waals surface area contributed by atoms with Crippen LogP contribution >= 0.6 is 23.2 Å². The molecule has 0 N–H and O–H groups in total. The van der Waals surface area contributed by atoms with Gasteiger partial charge in [-0.2, -0.15) is 0 Å². The number of rotatable bonds is 3. The Balaban J connectivity index is 2.13. The first kappa shape index (κ1) is 13.2. The Bertz CT molecular complexity index is 570. The van der Waals surface area contributed by atoms with E-state index in [1.165, 1.54) is 12.1 Å². The lowest BCUT2D eigenvalue weighted by atomic mass is 10.2. The minimum absolute atomic E-state index is 0.278. The molecule has 0 aliphatic rings. The fraction of sp³-hybridized carbons (Fsp3) is 0.143. The van der Waals surface area contributed by atoms with E-state index in [4.69, 9.17) is 27.9 Å². The van der Waals surface area contributed by atoms with Crippen molar-refractivity contribution in [3.8, 4) is 5.75 Å². The maximum atomic E-state index is 12.9. The van der Waals surface area contributed by atoms with Crippen LogP contribution in [0.25, 0.3) is 0 Å². The van der Waals surface area contributed by atoms with E-state index in [0.717, 1.165) is 11.1 Å². The normalized spacial score (nSPS) is 10.4. The molecule has 0 amide bonds. The van der Waals surface area contributed by atoms with Crippen molar-refractivity contribution >= 4 is 23.2 Å². The van der Waals surface area contributed by atoms with Crippen molar-refractivity contribution < 1.29 is 9.13 Å². The number of ether oxygens (including phenoxy) is 1. The van der Waals surface area contributed by atoms with Crippen molar-refractivity contribution in [2.75, 3.05) is 0 Å². The lowest BCUT2D eigenvalue weighted by molar-refractivity contribution is 0.304. The van der Waals surface area contributed by atoms with Gasteiger partial charge in [-0.3, -0.25) is 0 Å². The lowest BCUT2D eigenvalue weighted by Crippen LogP contribution is -1.98. The van der Waals surface area contributed by atoms with E-state index >= 15 is 0 Å². The van der Waals surface area contributed by atoms with Crippen LogP contribution in [0.4, 0.5) is 4.39 Å². The first-order valence-electron chi connectivity index (χ1n) is 5.39. The molecule has 1 nitrogen and oxygen atoms in total. The minimum atomic E-state index is -0.359. The van der Waals surface area contributed by atoms with Crippen molar-refractivity contribution in [1.29, 1.82) is 0 Å². The van der Waals surface area contributed by atoms with Gasteiger partial charge in [0.1, 0.15) is 18.2 Å². The van der Waals surface area contributed by atoms with Crippen molar-refractivity contribution in [3.05, 3.63) is 63.4 Å². The molecule has 2 aromatic rings. The van der Waals surface area contributed by atoms with E-state index < -0.39 is 0 Å². The predicted octanol–water partition coefficient (Wildman–Crippen LogP) is 5.02. The van der Waals surface area contributed by atoms with Gasteiger partial charge in [0.15, 0.2) is 0 Å². The highest BCUT2D eigenvalue weighted by atomic mass is 35.5. The number of benzene rings is 2. The molecule has 2 rings (SSSR count). The topological polar surface area (TPSA) is 9.23 Å². The Hall–Kier alpha value is -1.25. The number of hydrogen-bond donors (Lipinski definition) is 0. The Labute approximate surface area is 115 Å². The molecule has 0 atom stereocenters. The molecule has 0 aromatic heterocycles. The van der Waals surface area contributed by atoms with Gasteiger partial charge in [0, 0.05) is 10.6 Å². The van der Waals surface area contributed by atoms with E-state index in [-0.39, 0.29) is 12.4 Å². The molecule has 94 valence electrons. The molecule has 0 fully saturated rings. The molecule has 4 heteroatoms. The molecule has 0 aliphatic carbocycles. The third-order valence-corrected chi connectivity index (χ3v) is 3.14. The summed E-state index contributed by atoms with van der Waals surface area (Å²) in [7, 11) is 0. The molecule has 0 saturated carbocycles. The summed E-state index contributed by atoms with van der Waals surface area (Å²) >= 11 is 11.8. The van der Waals surface area contributed by atoms with Crippen molar-refractivity contribution in [2.45, 2.75) is 13.5 Å². The Morgan fingerprint density at radius 3 is 2.61 bits per heavy atom. The highest BCUT2D eigenvalue weighted by molar-refractivity contribution is 6.31. The molecule has 0 saturated heterocycles. The second-order valence-electron chi connectivity index (χ2n) is 3.93. The summed E-state index contributed by atoms with van der Waals surface area (Å²) in [6.45, 7) is 2.21. The highest BCUT2D eigenvalue weighted by Gasteiger charge is 2.05. The molecule has 0 bridgehead atoms. The van der Waals surface area contributed by atoms with Crippen LogP contribution in [0.2, 0.25) is 10.0 Å². The summed E-state index contributed by atoms with van der Waals surface area (Å²) < 4.78 is 18.5. The molecule has 0 radical (unpaired) electrons. The van der Waals surface area contributed by atoms with Gasteiger partial charge in [0.25, 0.3) is 0 Å². The van der Waals surface area contributed by atoms with E-state index in [2.05, 4.69) is 0 Å². The van der Waals surface area contributed by atoms with Crippen LogP contribution in [0, 0.1) is 12.7 Å². The van der Waals surface area contributed by atoms with Gasteiger partial charge in [0.05, 0.1) is 5.02 Å². The van der Waals surface area contributed by atoms with E-state index in [9.17, 15) is 4.39 Å². The van der Waals surface area contributed by atoms with Gasteiger partial charge in [-0.25, -0.2) is 4.39 Å². The second-order valence-corrected chi connectivity index (χ2v) is 4.78. The van der Waals surface area contributed by atoms with Crippen LogP contribution in [-0.4, -0.2) is 0 Å². The van der Waals surface area contributed by atoms with E-state index in [0.29, 0.717) is 15.8 Å². The van der Waals surface area contributed by atoms with Gasteiger partial charge in [0.2, 0.25) is 0 Å². The van der Waals surface area contributed by atoms with E-state index in [1.807, 2.05) is 13.0 Å². The molecule has 0 heterocycles. The third-order valence-electron chi connectivity index (χ3n) is 2.55. The van der Waals surface area contributed by atoms with Crippen molar-refractivity contribution in [3.63, 3.8) is 0 Å². The van der Waals surface area contributed by atoms with Crippen LogP contribution < -0.4 is 4.74 Å². The fourth-order valence-electron chi connectivity index (χ4n) is 1.52. The average molecular weight is 285 g/mol. The first-order valence-corrected chi connectivity index (χ1v) is 6.15. The zero-order valence-electron chi connectivity index (χ0n) is 9.71. The average Bonchev–Trinajstić information content (AvgIpc) is 2.32. The second kappa shape index (κ2) is 5.59. The summed E-state index contributed by atoms with van der Waals surface area (Å²) in [6, 6.07) is 9.66. The summed E-state index contributed by atoms with van der Waals surface area (Å²) in [5.41, 5.74) is 1.72. The van der Waals surface area contributed by atoms with Crippen LogP contribution in [0.5, 0.6) is 5.75 Å². The summed E-state index contributed by atoms with van der Waals surface area (Å²) in [5, 5.41) is 0.968. The fourth-order valence-corrected chi connectivity index (χ4v) is 1.91. The predicted molar refractivity (Wildman–Crippen MR) is 71.9 cm³/mol. The first-order chi connectivity index (χ1) is 8.56. The third kappa shape index (κ3) is 3.15. The molecular formula is C14H11Cl2FO. The van der Waals surface area contributed by atoms with Gasteiger partial charge >= 0.3 is 0 Å². The van der Waals surface area contributed by atoms with Gasteiger partial charge in [-0.1, -0.05) is 35.3 Å². The zero-order chi connectivity index (χ0) is 13.1. The number of halogens is 3. The Morgan fingerprint density at radius 1 is 1.11 bits per heavy atom. The molecule has 0 spiro atoms. The van der Waals surface area contributed by atoms with Gasteiger partial charge < -0.3 is 4.74 Å². The Morgan fingerprint density at radius 2 is 1.89 bits per heavy atom. The number of hydrogen-bond acceptors (Lipinski definition) is 1. The highest BCUT2D eigenvalue weighted by Crippen LogP contribution is 2.25. The molecule has 2 aromatic carbocycles. The monoisotopic (exact) mass is 284 g/mol. The van der Waals surface area contributed by atoms with Crippen LogP contribution in [-0.2, 0) is 6.61 Å². The standard InChI is InChI=1S/C14H11Cl2FO/c1-9-2-4-11(15)6-14(9)18-8-10-3-5-12(17)7-13(10)16/h2-7H,8H2,1H3. The van der Waals surface area contributed by atoms with Crippen molar-refractivity contribution in [1.82, 2.24) is 0 Å². The smallest absolute Gasteiger partial charge is 0.124 e. The molecule has 0 unspecified atom stereocenters.